The number of methoxy groups -OCH3 is 1. The number of hydrogen-bond acceptors (Lipinski definition) is 2. The molecule has 78 valence electrons. The molecule has 0 fully saturated rings. The molecule has 0 atom stereocenters. The largest absolute Gasteiger partial charge is 0.496 e. The third-order valence-corrected chi connectivity index (χ3v) is 1.97. The topological polar surface area (TPSA) is 26.3 Å². The quantitative estimate of drug-likeness (QED) is 0.547. The molecule has 0 saturated heterocycles. The van der Waals surface area contributed by atoms with Crippen molar-refractivity contribution in [1.29, 1.82) is 0 Å². The van der Waals surface area contributed by atoms with Crippen LogP contribution in [0.25, 0.3) is 10.8 Å². The number of carbonyl (C=O) groups is 1. The first-order valence-corrected chi connectivity index (χ1v) is 4.82. The third-order valence-electron chi connectivity index (χ3n) is 1.97. The Bertz CT molecular complexity index is 435. The zero-order valence-corrected chi connectivity index (χ0v) is 9.07. The summed E-state index contributed by atoms with van der Waals surface area (Å²) in [7, 11) is 1.70. The number of rotatable bonds is 1. The van der Waals surface area contributed by atoms with Gasteiger partial charge in [-0.2, -0.15) is 0 Å². The molecule has 0 saturated carbocycles. The van der Waals surface area contributed by atoms with Crippen LogP contribution < -0.4 is 4.74 Å². The molecule has 0 N–H and O–H groups in total. The van der Waals surface area contributed by atoms with Crippen molar-refractivity contribution in [2.24, 2.45) is 0 Å². The molecule has 0 aliphatic heterocycles. The molecule has 0 unspecified atom stereocenters. The summed E-state index contributed by atoms with van der Waals surface area (Å²) >= 11 is 4.32. The molecule has 0 spiro atoms. The second kappa shape index (κ2) is 6.04. The van der Waals surface area contributed by atoms with Crippen LogP contribution in [0.15, 0.2) is 42.5 Å². The summed E-state index contributed by atoms with van der Waals surface area (Å²) in [4.78, 5) is 8.57. The van der Waals surface area contributed by atoms with E-state index in [1.165, 1.54) is 10.8 Å². The molecule has 0 aromatic heterocycles. The maximum atomic E-state index is 8.57. The summed E-state index contributed by atoms with van der Waals surface area (Å²) < 4.78 is 5.23. The van der Waals surface area contributed by atoms with Crippen molar-refractivity contribution in [2.75, 3.05) is 7.11 Å². The summed E-state index contributed by atoms with van der Waals surface area (Å²) in [5.74, 6) is 1.16. The Morgan fingerprint density at radius 2 is 1.73 bits per heavy atom. The van der Waals surface area contributed by atoms with Gasteiger partial charge in [0, 0.05) is 5.39 Å². The number of carbonyl (C=O) groups excluding carboxylic acids is 1. The van der Waals surface area contributed by atoms with E-state index in [4.69, 9.17) is 9.53 Å². The number of ether oxygens (including phenoxy) is 1. The van der Waals surface area contributed by atoms with Gasteiger partial charge in [-0.05, 0) is 23.1 Å². The van der Waals surface area contributed by atoms with E-state index in [0.717, 1.165) is 5.75 Å². The fourth-order valence-corrected chi connectivity index (χ4v) is 1.37. The molecular weight excluding hydrogens is 212 g/mol. The highest BCUT2D eigenvalue weighted by atomic mass is 35.5. The highest BCUT2D eigenvalue weighted by molar-refractivity contribution is 6.54. The molecule has 0 radical (unpaired) electrons. The van der Waals surface area contributed by atoms with E-state index in [2.05, 4.69) is 29.8 Å². The molecule has 3 heteroatoms. The number of benzene rings is 2. The van der Waals surface area contributed by atoms with Gasteiger partial charge in [0.15, 0.2) is 0 Å². The van der Waals surface area contributed by atoms with Gasteiger partial charge in [0.05, 0.1) is 7.11 Å². The fraction of sp³-hybridized carbons (Fsp3) is 0.0833. The average molecular weight is 223 g/mol. The predicted molar refractivity (Wildman–Crippen MR) is 63.1 cm³/mol. The minimum absolute atomic E-state index is 0.222. The molecule has 15 heavy (non-hydrogen) atoms. The molecule has 0 bridgehead atoms. The molecule has 2 aromatic carbocycles. The summed E-state index contributed by atoms with van der Waals surface area (Å²) in [6.45, 7) is 0. The lowest BCUT2D eigenvalue weighted by Gasteiger charge is -2.03. The van der Waals surface area contributed by atoms with E-state index < -0.39 is 0 Å². The van der Waals surface area contributed by atoms with Crippen LogP contribution in [0.5, 0.6) is 5.75 Å². The predicted octanol–water partition coefficient (Wildman–Crippen LogP) is 3.26. The van der Waals surface area contributed by atoms with Crippen LogP contribution in [0.2, 0.25) is 0 Å². The average Bonchev–Trinajstić information content (AvgIpc) is 2.29. The summed E-state index contributed by atoms with van der Waals surface area (Å²) in [6, 6.07) is 14.2. The lowest BCUT2D eigenvalue weighted by molar-refractivity contribution is 0.420. The van der Waals surface area contributed by atoms with Crippen molar-refractivity contribution in [2.45, 2.75) is 0 Å². The lowest BCUT2D eigenvalue weighted by atomic mass is 10.1. The van der Waals surface area contributed by atoms with Gasteiger partial charge in [0.2, 0.25) is 5.75 Å². The molecule has 2 nitrogen and oxygen atoms in total. The van der Waals surface area contributed by atoms with Gasteiger partial charge in [-0.25, -0.2) is 0 Å². The minimum Gasteiger partial charge on any atom is -0.496 e. The Labute approximate surface area is 93.4 Å². The second-order valence-corrected chi connectivity index (χ2v) is 2.95. The zero-order valence-electron chi connectivity index (χ0n) is 8.31. The first-order valence-electron chi connectivity index (χ1n) is 4.39. The van der Waals surface area contributed by atoms with Crippen LogP contribution >= 0.6 is 11.6 Å². The van der Waals surface area contributed by atoms with Gasteiger partial charge in [-0.3, -0.25) is 4.79 Å². The molecule has 2 rings (SSSR count). The maximum Gasteiger partial charge on any atom is 0.208 e. The van der Waals surface area contributed by atoms with Crippen molar-refractivity contribution in [3.63, 3.8) is 0 Å². The maximum absolute atomic E-state index is 8.57. The van der Waals surface area contributed by atoms with E-state index in [0.29, 0.717) is 0 Å². The fourth-order valence-electron chi connectivity index (χ4n) is 1.37. The number of hydrogen-bond donors (Lipinski definition) is 0. The van der Waals surface area contributed by atoms with Crippen molar-refractivity contribution >= 4 is 28.1 Å². The Morgan fingerprint density at radius 3 is 2.40 bits per heavy atom. The standard InChI is InChI=1S/C11H10O.CHClO/c1-12-11-8-4-6-9-5-2-3-7-10(9)11;2-1-3/h2-8H,1H3;1H. The van der Waals surface area contributed by atoms with Crippen molar-refractivity contribution < 1.29 is 9.53 Å². The van der Waals surface area contributed by atoms with E-state index >= 15 is 0 Å². The van der Waals surface area contributed by atoms with Gasteiger partial charge in [0.25, 0.3) is 0 Å². The molecule has 0 heterocycles. The van der Waals surface area contributed by atoms with E-state index in [1.54, 1.807) is 7.11 Å². The second-order valence-electron chi connectivity index (χ2n) is 2.77. The minimum atomic E-state index is 0.222. The molecular formula is C12H11ClO2. The van der Waals surface area contributed by atoms with Crippen LogP contribution in [0.3, 0.4) is 0 Å². The van der Waals surface area contributed by atoms with Gasteiger partial charge in [-0.1, -0.05) is 36.4 Å². The third kappa shape index (κ3) is 2.96. The zero-order chi connectivity index (χ0) is 11.1. The van der Waals surface area contributed by atoms with Crippen LogP contribution in [0, 0.1) is 0 Å². The summed E-state index contributed by atoms with van der Waals surface area (Å²) in [5, 5.41) is 2.39. The van der Waals surface area contributed by atoms with Gasteiger partial charge in [-0.15, -0.1) is 0 Å². The van der Waals surface area contributed by atoms with Gasteiger partial charge in [0.1, 0.15) is 5.75 Å². The summed E-state index contributed by atoms with van der Waals surface area (Å²) in [6.07, 6.45) is 0. The normalized spacial score (nSPS) is 8.93. The van der Waals surface area contributed by atoms with E-state index in [-0.39, 0.29) is 5.75 Å². The van der Waals surface area contributed by atoms with Crippen LogP contribution in [-0.2, 0) is 4.79 Å². The Balaban J connectivity index is 0.000000337. The Kier molecular flexibility index (Phi) is 4.64. The number of halogens is 1. The van der Waals surface area contributed by atoms with Crippen molar-refractivity contribution in [3.05, 3.63) is 42.5 Å². The van der Waals surface area contributed by atoms with Crippen LogP contribution in [0.4, 0.5) is 0 Å². The van der Waals surface area contributed by atoms with E-state index in [1.807, 2.05) is 24.3 Å². The van der Waals surface area contributed by atoms with Crippen LogP contribution in [0.1, 0.15) is 0 Å². The lowest BCUT2D eigenvalue weighted by Crippen LogP contribution is -1.83. The molecule has 0 aliphatic rings. The van der Waals surface area contributed by atoms with Crippen molar-refractivity contribution in [1.82, 2.24) is 0 Å². The Morgan fingerprint density at radius 1 is 1.13 bits per heavy atom. The number of fused-ring (bicyclic) bond motifs is 1. The monoisotopic (exact) mass is 222 g/mol. The molecule has 0 amide bonds. The first-order chi connectivity index (χ1) is 7.33. The SMILES string of the molecule is COc1cccc2ccccc12.O=CCl. The van der Waals surface area contributed by atoms with Gasteiger partial charge < -0.3 is 4.74 Å². The van der Waals surface area contributed by atoms with Crippen molar-refractivity contribution in [3.8, 4) is 5.75 Å². The highest BCUT2D eigenvalue weighted by Gasteiger charge is 1.96. The molecule has 0 aliphatic carbocycles. The first kappa shape index (κ1) is 11.5. The Hall–Kier alpha value is -1.54. The summed E-state index contributed by atoms with van der Waals surface area (Å²) in [5.41, 5.74) is 0. The highest BCUT2D eigenvalue weighted by Crippen LogP contribution is 2.24. The smallest absolute Gasteiger partial charge is 0.208 e. The molecule has 2 aromatic rings. The van der Waals surface area contributed by atoms with E-state index in [9.17, 15) is 0 Å². The van der Waals surface area contributed by atoms with Crippen LogP contribution in [-0.4, -0.2) is 12.9 Å². The van der Waals surface area contributed by atoms with Gasteiger partial charge >= 0.3 is 0 Å².